The Morgan fingerprint density at radius 3 is 2.51 bits per heavy atom. The van der Waals surface area contributed by atoms with Gasteiger partial charge in [-0.15, -0.1) is 0 Å². The zero-order chi connectivity index (χ0) is 29.5. The third-order valence-electron chi connectivity index (χ3n) is 8.64. The largest absolute Gasteiger partial charge is 0.394 e. The zero-order valence-electron chi connectivity index (χ0n) is 24.9. The number of aliphatic hydroxyl groups is 1. The van der Waals surface area contributed by atoms with E-state index < -0.39 is 5.41 Å². The molecule has 3 heterocycles. The van der Waals surface area contributed by atoms with Gasteiger partial charge in [0.25, 0.3) is 0 Å². The lowest BCUT2D eigenvalue weighted by Gasteiger charge is -2.48. The maximum Gasteiger partial charge on any atom is 0.236 e. The number of fused-ring (bicyclic) bond motifs is 1. The van der Waals surface area contributed by atoms with Crippen LogP contribution in [0.25, 0.3) is 11.1 Å². The number of pyridine rings is 1. The number of ether oxygens (including phenoxy) is 1. The van der Waals surface area contributed by atoms with Gasteiger partial charge < -0.3 is 19.6 Å². The number of morpholine rings is 1. The highest BCUT2D eigenvalue weighted by Crippen LogP contribution is 2.38. The quantitative estimate of drug-likeness (QED) is 0.474. The number of nitrogens with zero attached hydrogens (tertiary/aromatic N) is 4. The molecule has 2 aromatic carbocycles. The van der Waals surface area contributed by atoms with Crippen LogP contribution in [0.2, 0.25) is 0 Å². The lowest BCUT2D eigenvalue weighted by Crippen LogP contribution is -2.63. The Labute approximate surface area is 242 Å². The molecule has 0 aliphatic carbocycles. The number of aromatic nitrogens is 1. The number of piperazine rings is 1. The van der Waals surface area contributed by atoms with Gasteiger partial charge in [-0.05, 0) is 69.5 Å². The predicted octanol–water partition coefficient (Wildman–Crippen LogP) is 4.64. The first kappa shape index (κ1) is 29.2. The van der Waals surface area contributed by atoms with Crippen molar-refractivity contribution in [1.82, 2.24) is 9.88 Å². The number of carbonyl (C=O) groups excluding carboxylic acids is 1. The van der Waals surface area contributed by atoms with E-state index in [0.29, 0.717) is 31.3 Å². The summed E-state index contributed by atoms with van der Waals surface area (Å²) in [5.74, 6) is 0.335. The third-order valence-corrected chi connectivity index (χ3v) is 8.64. The Balaban J connectivity index is 1.57. The predicted molar refractivity (Wildman–Crippen MR) is 161 cm³/mol. The summed E-state index contributed by atoms with van der Waals surface area (Å²) in [5, 5.41) is 10.3. The van der Waals surface area contributed by atoms with Gasteiger partial charge in [-0.3, -0.25) is 9.69 Å². The summed E-state index contributed by atoms with van der Waals surface area (Å²) in [6.45, 7) is 13.4. The molecule has 0 radical (unpaired) electrons. The van der Waals surface area contributed by atoms with Gasteiger partial charge in [0.05, 0.1) is 49.2 Å². The van der Waals surface area contributed by atoms with Crippen LogP contribution in [0.4, 0.5) is 15.9 Å². The van der Waals surface area contributed by atoms with Gasteiger partial charge in [0.15, 0.2) is 0 Å². The van der Waals surface area contributed by atoms with E-state index in [1.807, 2.05) is 40.7 Å². The lowest BCUT2D eigenvalue weighted by molar-refractivity contribution is -0.122. The number of amides is 1. The lowest BCUT2D eigenvalue weighted by atomic mass is 9.81. The number of benzene rings is 2. The van der Waals surface area contributed by atoms with E-state index in [0.717, 1.165) is 46.5 Å². The molecule has 0 bridgehead atoms. The first-order valence-electron chi connectivity index (χ1n) is 14.3. The Bertz CT molecular complexity index is 1420. The summed E-state index contributed by atoms with van der Waals surface area (Å²) in [6.07, 6.45) is 1.74. The third kappa shape index (κ3) is 5.73. The van der Waals surface area contributed by atoms with E-state index in [1.165, 1.54) is 12.1 Å². The highest BCUT2D eigenvalue weighted by atomic mass is 19.1. The van der Waals surface area contributed by atoms with E-state index in [1.54, 1.807) is 24.2 Å². The van der Waals surface area contributed by atoms with E-state index in [-0.39, 0.29) is 30.4 Å². The minimum Gasteiger partial charge on any atom is -0.394 e. The average molecular weight is 561 g/mol. The molecule has 2 saturated heterocycles. The number of hydrogen-bond donors (Lipinski definition) is 1. The zero-order valence-corrected chi connectivity index (χ0v) is 24.9. The van der Waals surface area contributed by atoms with Gasteiger partial charge in [0.2, 0.25) is 5.91 Å². The van der Waals surface area contributed by atoms with Crippen LogP contribution in [0.15, 0.2) is 48.7 Å². The highest BCUT2D eigenvalue weighted by Gasteiger charge is 2.37. The first-order chi connectivity index (χ1) is 19.5. The van der Waals surface area contributed by atoms with Gasteiger partial charge in [-0.25, -0.2) is 9.37 Å². The second-order valence-electron chi connectivity index (χ2n) is 12.1. The molecule has 1 N–H and O–H groups in total. The number of rotatable bonds is 6. The molecule has 0 saturated carbocycles. The SMILES string of the molecule is Cc1cc(C)cc(C(C)(C)C(=O)N(C)c2cnc(N3C[C@H]4COCCN4C[C@H]3CO)cc2-c2ccc(F)cc2C)c1. The summed E-state index contributed by atoms with van der Waals surface area (Å²) < 4.78 is 19.9. The van der Waals surface area contributed by atoms with E-state index in [4.69, 9.17) is 9.72 Å². The fraction of sp³-hybridized carbons (Fsp3) is 0.455. The molecule has 2 fully saturated rings. The monoisotopic (exact) mass is 560 g/mol. The molecule has 7 nitrogen and oxygen atoms in total. The van der Waals surface area contributed by atoms with Crippen LogP contribution >= 0.6 is 0 Å². The molecule has 2 atom stereocenters. The Morgan fingerprint density at radius 2 is 1.83 bits per heavy atom. The van der Waals surface area contributed by atoms with Crippen molar-refractivity contribution >= 4 is 17.4 Å². The van der Waals surface area contributed by atoms with Crippen LogP contribution in [0.1, 0.15) is 36.1 Å². The van der Waals surface area contributed by atoms with Crippen molar-refractivity contribution in [2.75, 3.05) is 56.3 Å². The van der Waals surface area contributed by atoms with E-state index >= 15 is 0 Å². The number of aliphatic hydroxyl groups excluding tert-OH is 1. The number of likely N-dealkylation sites (N-methyl/N-ethyl adjacent to an activating group) is 1. The maximum atomic E-state index is 14.2. The fourth-order valence-electron chi connectivity index (χ4n) is 6.27. The first-order valence-corrected chi connectivity index (χ1v) is 14.3. The molecular weight excluding hydrogens is 519 g/mol. The number of aryl methyl sites for hydroxylation is 3. The molecule has 8 heteroatoms. The molecule has 1 amide bonds. The molecule has 1 aromatic heterocycles. The van der Waals surface area contributed by atoms with Crippen LogP contribution in [0.5, 0.6) is 0 Å². The van der Waals surface area contributed by atoms with Crippen molar-refractivity contribution in [2.45, 2.75) is 52.1 Å². The summed E-state index contributed by atoms with van der Waals surface area (Å²) in [4.78, 5) is 25.2. The Kier molecular flexibility index (Phi) is 8.19. The standard InChI is InChI=1S/C33H41FN4O3/c1-21-11-22(2)13-24(12-21)33(4,5)32(40)36(6)30-16-35-31(15-29(30)28-8-7-25(34)14-23(28)3)38-18-27-20-41-10-9-37(27)17-26(38)19-39/h7-8,11-16,26-27,39H,9-10,17-20H2,1-6H3/t26-,27-/m0/s1. The Morgan fingerprint density at radius 1 is 1.10 bits per heavy atom. The smallest absolute Gasteiger partial charge is 0.236 e. The summed E-state index contributed by atoms with van der Waals surface area (Å²) >= 11 is 0. The molecular formula is C33H41FN4O3. The molecule has 2 aliphatic rings. The molecule has 41 heavy (non-hydrogen) atoms. The molecule has 0 spiro atoms. The molecule has 0 unspecified atom stereocenters. The van der Waals surface area contributed by atoms with Crippen LogP contribution < -0.4 is 9.80 Å². The minimum atomic E-state index is -0.793. The second kappa shape index (κ2) is 11.5. The van der Waals surface area contributed by atoms with Gasteiger partial charge >= 0.3 is 0 Å². The molecule has 2 aliphatic heterocycles. The second-order valence-corrected chi connectivity index (χ2v) is 12.1. The number of hydrogen-bond acceptors (Lipinski definition) is 6. The average Bonchev–Trinajstić information content (AvgIpc) is 2.95. The van der Waals surface area contributed by atoms with Crippen LogP contribution in [0.3, 0.4) is 0 Å². The van der Waals surface area contributed by atoms with Crippen LogP contribution in [-0.2, 0) is 14.9 Å². The fourth-order valence-corrected chi connectivity index (χ4v) is 6.27. The highest BCUT2D eigenvalue weighted by molar-refractivity contribution is 6.03. The number of anilines is 2. The maximum absolute atomic E-state index is 14.2. The van der Waals surface area contributed by atoms with Gasteiger partial charge in [0.1, 0.15) is 11.6 Å². The van der Waals surface area contributed by atoms with E-state index in [2.05, 4.69) is 28.0 Å². The van der Waals surface area contributed by atoms with Crippen molar-refractivity contribution < 1.29 is 19.0 Å². The van der Waals surface area contributed by atoms with E-state index in [9.17, 15) is 14.3 Å². The van der Waals surface area contributed by atoms with Crippen molar-refractivity contribution in [3.8, 4) is 11.1 Å². The van der Waals surface area contributed by atoms with Crippen LogP contribution in [-0.4, -0.2) is 79.5 Å². The normalized spacial score (nSPS) is 19.7. The minimum absolute atomic E-state index is 0.000898. The molecule has 5 rings (SSSR count). The molecule has 218 valence electrons. The molecule has 3 aromatic rings. The topological polar surface area (TPSA) is 69.1 Å². The van der Waals surface area contributed by atoms with Crippen molar-refractivity contribution in [1.29, 1.82) is 0 Å². The summed E-state index contributed by atoms with van der Waals surface area (Å²) in [5.41, 5.74) is 5.41. The Hall–Kier alpha value is -3.33. The van der Waals surface area contributed by atoms with Gasteiger partial charge in [-0.1, -0.05) is 35.4 Å². The van der Waals surface area contributed by atoms with Crippen molar-refractivity contribution in [3.05, 3.63) is 76.7 Å². The van der Waals surface area contributed by atoms with Crippen LogP contribution in [0, 0.1) is 26.6 Å². The summed E-state index contributed by atoms with van der Waals surface area (Å²) in [7, 11) is 1.78. The van der Waals surface area contributed by atoms with Gasteiger partial charge in [0, 0.05) is 32.2 Å². The van der Waals surface area contributed by atoms with Gasteiger partial charge in [-0.2, -0.15) is 0 Å². The number of carbonyl (C=O) groups is 1. The van der Waals surface area contributed by atoms with Crippen molar-refractivity contribution in [3.63, 3.8) is 0 Å². The van der Waals surface area contributed by atoms with Crippen molar-refractivity contribution in [2.24, 2.45) is 0 Å². The summed E-state index contributed by atoms with van der Waals surface area (Å²) in [6, 6.07) is 13.0. The number of halogens is 1.